The molecule has 8 nitrogen and oxygen atoms in total. The molecular weight excluding hydrogens is 477 g/mol. The van der Waals surface area contributed by atoms with E-state index in [1.54, 1.807) is 23.1 Å². The summed E-state index contributed by atoms with van der Waals surface area (Å²) in [4.78, 5) is 32.9. The smallest absolute Gasteiger partial charge is 0.254 e. The molecule has 3 aliphatic heterocycles. The molecule has 2 aromatic carbocycles. The van der Waals surface area contributed by atoms with Crippen LogP contribution in [-0.4, -0.2) is 70.0 Å². The molecule has 0 saturated carbocycles. The van der Waals surface area contributed by atoms with Crippen molar-refractivity contribution in [3.63, 3.8) is 0 Å². The molecule has 1 unspecified atom stereocenters. The summed E-state index contributed by atoms with van der Waals surface area (Å²) < 4.78 is 31.0. The van der Waals surface area contributed by atoms with Crippen molar-refractivity contribution in [2.24, 2.45) is 0 Å². The summed E-state index contributed by atoms with van der Waals surface area (Å²) in [6.07, 6.45) is 1.76. The standard InChI is InChI=1S/C28H30FN3O5/c29-20-3-5-21(6-4-20)32-7-1-2-24(32)22-16-19(28(34)31-10-14-36-15-11-31)17-23-25(33)18-26(37-27(22)23)30-8-12-35-13-9-30/h3-6,16-18,24H,1-2,7-15H2. The zero-order valence-corrected chi connectivity index (χ0v) is 20.7. The number of fused-ring (bicyclic) bond motifs is 1. The topological polar surface area (TPSA) is 75.5 Å². The van der Waals surface area contributed by atoms with Gasteiger partial charge in [-0.05, 0) is 49.2 Å². The Hall–Kier alpha value is -3.43. The van der Waals surface area contributed by atoms with Crippen LogP contribution in [0.2, 0.25) is 0 Å². The number of nitrogens with zero attached hydrogens (tertiary/aromatic N) is 3. The van der Waals surface area contributed by atoms with Gasteiger partial charge in [0.25, 0.3) is 5.91 Å². The predicted octanol–water partition coefficient (Wildman–Crippen LogP) is 3.58. The lowest BCUT2D eigenvalue weighted by molar-refractivity contribution is 0.0303. The van der Waals surface area contributed by atoms with Crippen LogP contribution in [-0.2, 0) is 9.47 Å². The Labute approximate surface area is 214 Å². The van der Waals surface area contributed by atoms with E-state index in [4.69, 9.17) is 13.9 Å². The van der Waals surface area contributed by atoms with Crippen molar-refractivity contribution < 1.29 is 23.1 Å². The Balaban J connectivity index is 1.48. The number of amides is 1. The fraction of sp³-hybridized carbons (Fsp3) is 0.429. The van der Waals surface area contributed by atoms with Crippen LogP contribution < -0.4 is 15.2 Å². The highest BCUT2D eigenvalue weighted by atomic mass is 19.1. The molecule has 194 valence electrons. The largest absolute Gasteiger partial charge is 0.440 e. The summed E-state index contributed by atoms with van der Waals surface area (Å²) in [5, 5.41) is 0.400. The van der Waals surface area contributed by atoms with Crippen molar-refractivity contribution in [2.45, 2.75) is 18.9 Å². The van der Waals surface area contributed by atoms with Crippen LogP contribution in [0.25, 0.3) is 11.0 Å². The third-order valence-electron chi connectivity index (χ3n) is 7.48. The van der Waals surface area contributed by atoms with E-state index in [9.17, 15) is 14.0 Å². The van der Waals surface area contributed by atoms with E-state index < -0.39 is 0 Å². The van der Waals surface area contributed by atoms with E-state index in [0.29, 0.717) is 75.0 Å². The minimum absolute atomic E-state index is 0.116. The number of hydrogen-bond donors (Lipinski definition) is 0. The molecular formula is C28H30FN3O5. The fourth-order valence-electron chi connectivity index (χ4n) is 5.56. The van der Waals surface area contributed by atoms with Crippen LogP contribution in [0.5, 0.6) is 0 Å². The molecule has 4 heterocycles. The first-order valence-corrected chi connectivity index (χ1v) is 12.9. The molecule has 0 bridgehead atoms. The van der Waals surface area contributed by atoms with E-state index in [0.717, 1.165) is 30.6 Å². The van der Waals surface area contributed by atoms with Gasteiger partial charge in [0.1, 0.15) is 11.4 Å². The zero-order chi connectivity index (χ0) is 25.4. The first kappa shape index (κ1) is 23.9. The highest BCUT2D eigenvalue weighted by Crippen LogP contribution is 2.40. The minimum Gasteiger partial charge on any atom is -0.440 e. The first-order chi connectivity index (χ1) is 18.1. The number of halogens is 1. The van der Waals surface area contributed by atoms with Crippen molar-refractivity contribution in [3.8, 4) is 0 Å². The molecule has 3 saturated heterocycles. The third-order valence-corrected chi connectivity index (χ3v) is 7.48. The van der Waals surface area contributed by atoms with Crippen molar-refractivity contribution in [3.05, 3.63) is 69.6 Å². The second-order valence-electron chi connectivity index (χ2n) is 9.72. The van der Waals surface area contributed by atoms with Crippen LogP contribution in [0.15, 0.2) is 51.7 Å². The van der Waals surface area contributed by atoms with Crippen LogP contribution in [0.4, 0.5) is 16.0 Å². The summed E-state index contributed by atoms with van der Waals surface area (Å²) in [7, 11) is 0. The molecule has 3 aliphatic rings. The number of anilines is 2. The highest BCUT2D eigenvalue weighted by Gasteiger charge is 2.31. The van der Waals surface area contributed by atoms with Crippen molar-refractivity contribution in [2.75, 3.05) is 69.0 Å². The SMILES string of the molecule is O=C(c1cc(C2CCCN2c2ccc(F)cc2)c2oc(N3CCOCC3)cc(=O)c2c1)N1CCOCC1. The van der Waals surface area contributed by atoms with Gasteiger partial charge in [0, 0.05) is 55.6 Å². The summed E-state index contributed by atoms with van der Waals surface area (Å²) in [5.41, 5.74) is 2.51. The molecule has 0 spiro atoms. The number of benzene rings is 2. The average Bonchev–Trinajstić information content (AvgIpc) is 3.43. The Morgan fingerprint density at radius 1 is 0.892 bits per heavy atom. The summed E-state index contributed by atoms with van der Waals surface area (Å²) in [5.74, 6) is 0.110. The molecule has 6 rings (SSSR count). The van der Waals surface area contributed by atoms with E-state index in [-0.39, 0.29) is 23.2 Å². The molecule has 1 amide bonds. The van der Waals surface area contributed by atoms with Crippen LogP contribution >= 0.6 is 0 Å². The number of morpholine rings is 2. The monoisotopic (exact) mass is 507 g/mol. The van der Waals surface area contributed by atoms with Gasteiger partial charge in [0.2, 0.25) is 0 Å². The van der Waals surface area contributed by atoms with E-state index in [1.165, 1.54) is 18.2 Å². The van der Waals surface area contributed by atoms with Gasteiger partial charge in [-0.25, -0.2) is 4.39 Å². The number of ether oxygens (including phenoxy) is 2. The molecule has 3 fully saturated rings. The highest BCUT2D eigenvalue weighted by molar-refractivity contribution is 5.99. The maximum Gasteiger partial charge on any atom is 0.254 e. The van der Waals surface area contributed by atoms with E-state index in [2.05, 4.69) is 4.90 Å². The van der Waals surface area contributed by atoms with Gasteiger partial charge in [0.15, 0.2) is 11.3 Å². The Morgan fingerprint density at radius 3 is 2.32 bits per heavy atom. The van der Waals surface area contributed by atoms with Crippen LogP contribution in [0.1, 0.15) is 34.8 Å². The minimum atomic E-state index is -0.288. The second-order valence-corrected chi connectivity index (χ2v) is 9.72. The quantitative estimate of drug-likeness (QED) is 0.534. The average molecular weight is 508 g/mol. The Morgan fingerprint density at radius 2 is 1.59 bits per heavy atom. The van der Waals surface area contributed by atoms with Gasteiger partial charge in [-0.1, -0.05) is 0 Å². The number of rotatable bonds is 4. The number of carbonyl (C=O) groups is 1. The molecule has 3 aromatic rings. The maximum atomic E-state index is 13.7. The van der Waals surface area contributed by atoms with E-state index in [1.807, 2.05) is 11.0 Å². The second kappa shape index (κ2) is 10.1. The van der Waals surface area contributed by atoms with Crippen molar-refractivity contribution in [1.29, 1.82) is 0 Å². The number of carbonyl (C=O) groups excluding carboxylic acids is 1. The maximum absolute atomic E-state index is 13.7. The van der Waals surface area contributed by atoms with Gasteiger partial charge < -0.3 is 28.6 Å². The van der Waals surface area contributed by atoms with Gasteiger partial charge in [-0.2, -0.15) is 0 Å². The molecule has 1 aromatic heterocycles. The van der Waals surface area contributed by atoms with Crippen LogP contribution in [0, 0.1) is 5.82 Å². The lowest BCUT2D eigenvalue weighted by Gasteiger charge is -2.30. The lowest BCUT2D eigenvalue weighted by atomic mass is 9.97. The van der Waals surface area contributed by atoms with Crippen molar-refractivity contribution >= 4 is 28.4 Å². The van der Waals surface area contributed by atoms with Gasteiger partial charge >= 0.3 is 0 Å². The summed E-state index contributed by atoms with van der Waals surface area (Å²) in [6, 6.07) is 11.4. The predicted molar refractivity (Wildman–Crippen MR) is 138 cm³/mol. The zero-order valence-electron chi connectivity index (χ0n) is 20.7. The molecule has 37 heavy (non-hydrogen) atoms. The van der Waals surface area contributed by atoms with Crippen LogP contribution in [0.3, 0.4) is 0 Å². The van der Waals surface area contributed by atoms with Gasteiger partial charge in [-0.15, -0.1) is 0 Å². The normalized spacial score (nSPS) is 20.6. The molecule has 0 radical (unpaired) electrons. The summed E-state index contributed by atoms with van der Waals surface area (Å²) in [6.45, 7) is 5.24. The lowest BCUT2D eigenvalue weighted by Crippen LogP contribution is -2.40. The molecule has 0 aliphatic carbocycles. The van der Waals surface area contributed by atoms with Crippen molar-refractivity contribution in [1.82, 2.24) is 4.90 Å². The molecule has 0 N–H and O–H groups in total. The van der Waals surface area contributed by atoms with Gasteiger partial charge in [-0.3, -0.25) is 9.59 Å². The Kier molecular flexibility index (Phi) is 6.56. The molecule has 1 atom stereocenters. The number of hydrogen-bond acceptors (Lipinski definition) is 7. The summed E-state index contributed by atoms with van der Waals surface area (Å²) >= 11 is 0. The fourth-order valence-corrected chi connectivity index (χ4v) is 5.56. The first-order valence-electron chi connectivity index (χ1n) is 12.9. The molecule has 9 heteroatoms. The Bertz CT molecular complexity index is 1350. The van der Waals surface area contributed by atoms with Gasteiger partial charge in [0.05, 0.1) is 37.9 Å². The third kappa shape index (κ3) is 4.69. The van der Waals surface area contributed by atoms with E-state index >= 15 is 0 Å².